The number of nitrogens with zero attached hydrogens (tertiary/aromatic N) is 1. The molecule has 6 heteroatoms. The summed E-state index contributed by atoms with van der Waals surface area (Å²) in [6, 6.07) is 12.9. The number of amides is 1. The maximum absolute atomic E-state index is 12.5. The minimum atomic E-state index is -0.200. The molecule has 0 atom stereocenters. The number of aromatic nitrogens is 1. The average Bonchev–Trinajstić information content (AvgIpc) is 3.01. The van der Waals surface area contributed by atoms with Crippen LogP contribution >= 0.6 is 0 Å². The lowest BCUT2D eigenvalue weighted by molar-refractivity contribution is -0.115. The highest BCUT2D eigenvalue weighted by Crippen LogP contribution is 2.32. The lowest BCUT2D eigenvalue weighted by Crippen LogP contribution is -2.15. The minimum Gasteiger partial charge on any atom is -0.490 e. The molecule has 0 aliphatic heterocycles. The van der Waals surface area contributed by atoms with E-state index in [4.69, 9.17) is 14.0 Å². The van der Waals surface area contributed by atoms with Gasteiger partial charge >= 0.3 is 0 Å². The van der Waals surface area contributed by atoms with Crippen LogP contribution in [-0.4, -0.2) is 24.3 Å². The Bertz CT molecular complexity index is 873. The van der Waals surface area contributed by atoms with Crippen LogP contribution in [0.1, 0.15) is 19.4 Å². The van der Waals surface area contributed by atoms with E-state index in [1.807, 2.05) is 50.2 Å². The van der Waals surface area contributed by atoms with Gasteiger partial charge < -0.3 is 19.3 Å². The summed E-state index contributed by atoms with van der Waals surface area (Å²) in [6.45, 7) is 4.83. The second kappa shape index (κ2) is 7.70. The molecular weight excluding hydrogens is 320 g/mol. The van der Waals surface area contributed by atoms with E-state index in [1.54, 1.807) is 6.07 Å². The SMILES string of the molecule is CCOc1cccc(CC(=O)Nc2noc3ccccc23)c1OCC. The van der Waals surface area contributed by atoms with E-state index in [0.29, 0.717) is 36.1 Å². The molecule has 2 aromatic carbocycles. The second-order valence-electron chi connectivity index (χ2n) is 5.36. The van der Waals surface area contributed by atoms with Gasteiger partial charge in [-0.15, -0.1) is 0 Å². The average molecular weight is 340 g/mol. The van der Waals surface area contributed by atoms with Crippen LogP contribution in [0.2, 0.25) is 0 Å². The molecule has 0 spiro atoms. The van der Waals surface area contributed by atoms with Gasteiger partial charge in [-0.1, -0.05) is 29.4 Å². The molecule has 1 amide bonds. The van der Waals surface area contributed by atoms with Crippen LogP contribution in [0, 0.1) is 0 Å². The van der Waals surface area contributed by atoms with Gasteiger partial charge in [0.15, 0.2) is 22.9 Å². The first-order valence-electron chi connectivity index (χ1n) is 8.24. The highest BCUT2D eigenvalue weighted by atomic mass is 16.5. The number of anilines is 1. The fourth-order valence-corrected chi connectivity index (χ4v) is 2.60. The predicted molar refractivity (Wildman–Crippen MR) is 95.1 cm³/mol. The number of carbonyl (C=O) groups excluding carboxylic acids is 1. The smallest absolute Gasteiger partial charge is 0.230 e. The van der Waals surface area contributed by atoms with Gasteiger partial charge in [0.25, 0.3) is 0 Å². The van der Waals surface area contributed by atoms with Crippen molar-refractivity contribution < 1.29 is 18.8 Å². The maximum Gasteiger partial charge on any atom is 0.230 e. The Morgan fingerprint density at radius 1 is 1.08 bits per heavy atom. The molecule has 6 nitrogen and oxygen atoms in total. The Kier molecular flexibility index (Phi) is 5.18. The molecule has 1 N–H and O–H groups in total. The molecule has 0 aliphatic rings. The van der Waals surface area contributed by atoms with Crippen molar-refractivity contribution in [2.45, 2.75) is 20.3 Å². The molecule has 0 saturated heterocycles. The fourth-order valence-electron chi connectivity index (χ4n) is 2.60. The number of nitrogens with one attached hydrogen (secondary N) is 1. The molecule has 3 rings (SSSR count). The molecule has 25 heavy (non-hydrogen) atoms. The van der Waals surface area contributed by atoms with Crippen LogP contribution in [0.3, 0.4) is 0 Å². The van der Waals surface area contributed by atoms with Crippen molar-refractivity contribution >= 4 is 22.7 Å². The standard InChI is InChI=1S/C19H20N2O4/c1-3-23-16-11-7-8-13(18(16)24-4-2)12-17(22)20-19-14-9-5-6-10-15(14)25-21-19/h5-11H,3-4,12H2,1-2H3,(H,20,21,22). The summed E-state index contributed by atoms with van der Waals surface area (Å²) in [5.74, 6) is 1.46. The van der Waals surface area contributed by atoms with Crippen molar-refractivity contribution in [3.8, 4) is 11.5 Å². The first-order valence-corrected chi connectivity index (χ1v) is 8.24. The normalized spacial score (nSPS) is 10.6. The minimum absolute atomic E-state index is 0.150. The Balaban J connectivity index is 1.79. The molecule has 0 unspecified atom stereocenters. The quantitative estimate of drug-likeness (QED) is 0.708. The van der Waals surface area contributed by atoms with Gasteiger partial charge in [-0.3, -0.25) is 4.79 Å². The summed E-state index contributed by atoms with van der Waals surface area (Å²) in [6.07, 6.45) is 0.150. The molecule has 0 saturated carbocycles. The second-order valence-corrected chi connectivity index (χ2v) is 5.36. The van der Waals surface area contributed by atoms with Crippen LogP contribution in [0.5, 0.6) is 11.5 Å². The third kappa shape index (κ3) is 3.74. The summed E-state index contributed by atoms with van der Waals surface area (Å²) < 4.78 is 16.5. The van der Waals surface area contributed by atoms with Gasteiger partial charge in [0.2, 0.25) is 5.91 Å². The Morgan fingerprint density at radius 3 is 2.68 bits per heavy atom. The van der Waals surface area contributed by atoms with Gasteiger partial charge in [0.1, 0.15) is 0 Å². The first kappa shape index (κ1) is 16.8. The van der Waals surface area contributed by atoms with Crippen molar-refractivity contribution in [2.75, 3.05) is 18.5 Å². The lowest BCUT2D eigenvalue weighted by atomic mass is 10.1. The molecular formula is C19H20N2O4. The molecule has 0 fully saturated rings. The van der Waals surface area contributed by atoms with Crippen molar-refractivity contribution in [1.82, 2.24) is 5.16 Å². The number of hydrogen-bond donors (Lipinski definition) is 1. The zero-order valence-corrected chi connectivity index (χ0v) is 14.2. The van der Waals surface area contributed by atoms with E-state index in [9.17, 15) is 4.79 Å². The van der Waals surface area contributed by atoms with E-state index < -0.39 is 0 Å². The number of fused-ring (bicyclic) bond motifs is 1. The van der Waals surface area contributed by atoms with Gasteiger partial charge in [0, 0.05) is 5.56 Å². The molecule has 1 aromatic heterocycles. The number of ether oxygens (including phenoxy) is 2. The summed E-state index contributed by atoms with van der Waals surface area (Å²) in [5, 5.41) is 7.48. The lowest BCUT2D eigenvalue weighted by Gasteiger charge is -2.14. The van der Waals surface area contributed by atoms with E-state index in [0.717, 1.165) is 10.9 Å². The van der Waals surface area contributed by atoms with E-state index in [2.05, 4.69) is 10.5 Å². The van der Waals surface area contributed by atoms with Crippen LogP contribution in [0.15, 0.2) is 47.0 Å². The Hall–Kier alpha value is -3.02. The van der Waals surface area contributed by atoms with Crippen molar-refractivity contribution in [2.24, 2.45) is 0 Å². The highest BCUT2D eigenvalue weighted by molar-refractivity contribution is 5.99. The van der Waals surface area contributed by atoms with Gasteiger partial charge in [-0.05, 0) is 32.0 Å². The van der Waals surface area contributed by atoms with E-state index in [-0.39, 0.29) is 12.3 Å². The molecule has 0 bridgehead atoms. The summed E-state index contributed by atoms with van der Waals surface area (Å²) >= 11 is 0. The van der Waals surface area contributed by atoms with E-state index in [1.165, 1.54) is 0 Å². The van der Waals surface area contributed by atoms with Crippen LogP contribution in [0.4, 0.5) is 5.82 Å². The van der Waals surface area contributed by atoms with Gasteiger partial charge in [0.05, 0.1) is 25.0 Å². The van der Waals surface area contributed by atoms with Crippen LogP contribution in [-0.2, 0) is 11.2 Å². The van der Waals surface area contributed by atoms with Crippen LogP contribution in [0.25, 0.3) is 11.0 Å². The number of para-hydroxylation sites is 2. The maximum atomic E-state index is 12.5. The molecule has 0 aliphatic carbocycles. The Morgan fingerprint density at radius 2 is 1.88 bits per heavy atom. The summed E-state index contributed by atoms with van der Waals surface area (Å²) in [4.78, 5) is 12.5. The molecule has 130 valence electrons. The van der Waals surface area contributed by atoms with Gasteiger partial charge in [-0.25, -0.2) is 0 Å². The zero-order chi connectivity index (χ0) is 17.6. The third-order valence-electron chi connectivity index (χ3n) is 3.64. The highest BCUT2D eigenvalue weighted by Gasteiger charge is 2.16. The summed E-state index contributed by atoms with van der Waals surface area (Å²) in [7, 11) is 0. The topological polar surface area (TPSA) is 73.6 Å². The summed E-state index contributed by atoms with van der Waals surface area (Å²) in [5.41, 5.74) is 1.39. The molecule has 1 heterocycles. The molecule has 3 aromatic rings. The van der Waals surface area contributed by atoms with Crippen molar-refractivity contribution in [3.05, 3.63) is 48.0 Å². The van der Waals surface area contributed by atoms with Crippen LogP contribution < -0.4 is 14.8 Å². The Labute approximate surface area is 145 Å². The third-order valence-corrected chi connectivity index (χ3v) is 3.64. The largest absolute Gasteiger partial charge is 0.490 e. The zero-order valence-electron chi connectivity index (χ0n) is 14.2. The first-order chi connectivity index (χ1) is 12.2. The molecule has 0 radical (unpaired) electrons. The van der Waals surface area contributed by atoms with Crippen molar-refractivity contribution in [1.29, 1.82) is 0 Å². The van der Waals surface area contributed by atoms with Crippen molar-refractivity contribution in [3.63, 3.8) is 0 Å². The number of hydrogen-bond acceptors (Lipinski definition) is 5. The fraction of sp³-hybridized carbons (Fsp3) is 0.263. The number of rotatable bonds is 7. The number of benzene rings is 2. The van der Waals surface area contributed by atoms with E-state index >= 15 is 0 Å². The monoisotopic (exact) mass is 340 g/mol. The number of carbonyl (C=O) groups is 1. The predicted octanol–water partition coefficient (Wildman–Crippen LogP) is 3.81. The van der Waals surface area contributed by atoms with Gasteiger partial charge in [-0.2, -0.15) is 0 Å².